The Bertz CT molecular complexity index is 955. The lowest BCUT2D eigenvalue weighted by Crippen LogP contribution is -1.92. The zero-order chi connectivity index (χ0) is 14.2. The van der Waals surface area contributed by atoms with Crippen LogP contribution in [0.1, 0.15) is 0 Å². The molecule has 0 saturated carbocycles. The molecular formula is C20H18NP. The van der Waals surface area contributed by atoms with Gasteiger partial charge in [-0.3, -0.25) is 0 Å². The lowest BCUT2D eigenvalue weighted by Gasteiger charge is -2.13. The third-order valence-corrected chi connectivity index (χ3v) is 4.02. The molecule has 0 spiro atoms. The summed E-state index contributed by atoms with van der Waals surface area (Å²) >= 11 is 0. The Hall–Kier alpha value is -2.37. The molecule has 0 radical (unpaired) electrons. The fraction of sp³-hybridized carbons (Fsp3) is 0. The van der Waals surface area contributed by atoms with Crippen molar-refractivity contribution in [2.24, 2.45) is 0 Å². The average molecular weight is 303 g/mol. The molecule has 0 aliphatic rings. The highest BCUT2D eigenvalue weighted by molar-refractivity contribution is 6.92. The summed E-state index contributed by atoms with van der Waals surface area (Å²) in [5, 5.41) is 4.90. The molecular weight excluding hydrogens is 285 g/mol. The highest BCUT2D eigenvalue weighted by Gasteiger charge is 2.10. The summed E-state index contributed by atoms with van der Waals surface area (Å²) < 4.78 is 0. The maximum absolute atomic E-state index is 6.31. The number of benzene rings is 4. The maximum atomic E-state index is 6.31. The van der Waals surface area contributed by atoms with E-state index < -0.39 is 0 Å². The van der Waals surface area contributed by atoms with Gasteiger partial charge in [0, 0.05) is 11.3 Å². The van der Waals surface area contributed by atoms with Crippen LogP contribution in [0.3, 0.4) is 0 Å². The molecule has 22 heavy (non-hydrogen) atoms. The van der Waals surface area contributed by atoms with E-state index in [0.717, 1.165) is 11.3 Å². The van der Waals surface area contributed by atoms with E-state index in [2.05, 4.69) is 72.8 Å². The largest absolute Gasteiger partial charge is 0.398 e. The van der Waals surface area contributed by atoms with Crippen LogP contribution in [-0.4, -0.2) is 0 Å². The standard InChI is InChI=1S/C20H15N.H3P/c21-19-13-12-15-7-2-4-10-17(15)20(19)18-11-5-8-14-6-1-3-9-16(14)18;/h1-13H,21H2;1H3. The van der Waals surface area contributed by atoms with Gasteiger partial charge in [0.15, 0.2) is 0 Å². The van der Waals surface area contributed by atoms with Crippen LogP contribution < -0.4 is 5.73 Å². The number of hydrogen-bond donors (Lipinski definition) is 1. The zero-order valence-corrected chi connectivity index (χ0v) is 13.7. The molecule has 4 aromatic rings. The molecule has 0 aromatic heterocycles. The second-order valence-electron chi connectivity index (χ2n) is 5.28. The van der Waals surface area contributed by atoms with E-state index in [4.69, 9.17) is 5.73 Å². The number of nitrogens with two attached hydrogens (primary N) is 1. The van der Waals surface area contributed by atoms with Crippen molar-refractivity contribution >= 4 is 37.1 Å². The zero-order valence-electron chi connectivity index (χ0n) is 12.3. The first-order valence-electron chi connectivity index (χ1n) is 7.10. The van der Waals surface area contributed by atoms with Crippen molar-refractivity contribution in [1.29, 1.82) is 0 Å². The molecule has 1 unspecified atom stereocenters. The Morgan fingerprint density at radius 2 is 1.14 bits per heavy atom. The summed E-state index contributed by atoms with van der Waals surface area (Å²) in [6.07, 6.45) is 0. The van der Waals surface area contributed by atoms with Gasteiger partial charge in [-0.2, -0.15) is 9.90 Å². The van der Waals surface area contributed by atoms with Crippen LogP contribution >= 0.6 is 9.90 Å². The SMILES string of the molecule is Nc1ccc2ccccc2c1-c1cccc2ccccc12.P. The van der Waals surface area contributed by atoms with Crippen LogP contribution in [0, 0.1) is 0 Å². The van der Waals surface area contributed by atoms with E-state index in [9.17, 15) is 0 Å². The van der Waals surface area contributed by atoms with Crippen LogP contribution in [-0.2, 0) is 0 Å². The van der Waals surface area contributed by atoms with Gasteiger partial charge in [-0.05, 0) is 33.2 Å². The first kappa shape index (κ1) is 14.6. The molecule has 0 saturated heterocycles. The molecule has 4 aromatic carbocycles. The topological polar surface area (TPSA) is 26.0 Å². The number of anilines is 1. The van der Waals surface area contributed by atoms with E-state index >= 15 is 0 Å². The van der Waals surface area contributed by atoms with Crippen molar-refractivity contribution < 1.29 is 0 Å². The molecule has 1 atom stereocenters. The minimum atomic E-state index is 0. The van der Waals surface area contributed by atoms with Gasteiger partial charge >= 0.3 is 0 Å². The minimum absolute atomic E-state index is 0. The maximum Gasteiger partial charge on any atom is 0.0400 e. The van der Waals surface area contributed by atoms with Crippen molar-refractivity contribution in [3.63, 3.8) is 0 Å². The summed E-state index contributed by atoms with van der Waals surface area (Å²) in [5.74, 6) is 0. The molecule has 0 aliphatic carbocycles. The van der Waals surface area contributed by atoms with Gasteiger partial charge in [0.25, 0.3) is 0 Å². The van der Waals surface area contributed by atoms with Crippen molar-refractivity contribution in [2.75, 3.05) is 5.73 Å². The average Bonchev–Trinajstić information content (AvgIpc) is 2.54. The molecule has 0 amide bonds. The molecule has 0 fully saturated rings. The van der Waals surface area contributed by atoms with Crippen LogP contribution in [0.15, 0.2) is 78.9 Å². The summed E-state index contributed by atoms with van der Waals surface area (Å²) in [4.78, 5) is 0. The van der Waals surface area contributed by atoms with Gasteiger partial charge in [0.2, 0.25) is 0 Å². The molecule has 2 N–H and O–H groups in total. The lowest BCUT2D eigenvalue weighted by molar-refractivity contribution is 1.67. The molecule has 0 bridgehead atoms. The van der Waals surface area contributed by atoms with Crippen molar-refractivity contribution in [3.8, 4) is 11.1 Å². The Balaban J connectivity index is 0.00000144. The van der Waals surface area contributed by atoms with E-state index in [0.29, 0.717) is 0 Å². The molecule has 2 heteroatoms. The Morgan fingerprint density at radius 1 is 0.545 bits per heavy atom. The highest BCUT2D eigenvalue weighted by atomic mass is 31.0. The van der Waals surface area contributed by atoms with Gasteiger partial charge in [-0.15, -0.1) is 0 Å². The van der Waals surface area contributed by atoms with E-state index in [1.54, 1.807) is 0 Å². The first-order chi connectivity index (χ1) is 10.3. The van der Waals surface area contributed by atoms with Crippen molar-refractivity contribution in [3.05, 3.63) is 78.9 Å². The fourth-order valence-corrected chi connectivity index (χ4v) is 3.03. The quantitative estimate of drug-likeness (QED) is 0.375. The van der Waals surface area contributed by atoms with E-state index in [1.165, 1.54) is 27.1 Å². The number of fused-ring (bicyclic) bond motifs is 2. The normalized spacial score (nSPS) is 10.5. The predicted molar refractivity (Wildman–Crippen MR) is 102 cm³/mol. The minimum Gasteiger partial charge on any atom is -0.398 e. The molecule has 0 aliphatic heterocycles. The predicted octanol–water partition coefficient (Wildman–Crippen LogP) is 5.30. The third-order valence-electron chi connectivity index (χ3n) is 4.02. The van der Waals surface area contributed by atoms with E-state index in [1.807, 2.05) is 6.07 Å². The number of hydrogen-bond acceptors (Lipinski definition) is 1. The van der Waals surface area contributed by atoms with Gasteiger partial charge in [0.05, 0.1) is 0 Å². The van der Waals surface area contributed by atoms with Crippen molar-refractivity contribution in [1.82, 2.24) is 0 Å². The van der Waals surface area contributed by atoms with Gasteiger partial charge < -0.3 is 5.73 Å². The van der Waals surface area contributed by atoms with Crippen LogP contribution in [0.2, 0.25) is 0 Å². The smallest absolute Gasteiger partial charge is 0.0400 e. The van der Waals surface area contributed by atoms with Crippen molar-refractivity contribution in [2.45, 2.75) is 0 Å². The molecule has 4 rings (SSSR count). The Kier molecular flexibility index (Phi) is 3.83. The third kappa shape index (κ3) is 2.24. The van der Waals surface area contributed by atoms with Gasteiger partial charge in [-0.25, -0.2) is 0 Å². The number of nitrogen functional groups attached to an aromatic ring is 1. The monoisotopic (exact) mass is 303 g/mol. The second kappa shape index (κ2) is 5.79. The summed E-state index contributed by atoms with van der Waals surface area (Å²) in [6.45, 7) is 0. The summed E-state index contributed by atoms with van der Waals surface area (Å²) in [7, 11) is 0. The lowest BCUT2D eigenvalue weighted by atomic mass is 9.93. The van der Waals surface area contributed by atoms with Crippen LogP contribution in [0.5, 0.6) is 0 Å². The number of rotatable bonds is 1. The Labute approximate surface area is 133 Å². The first-order valence-corrected chi connectivity index (χ1v) is 7.10. The van der Waals surface area contributed by atoms with Crippen LogP contribution in [0.4, 0.5) is 5.69 Å². The molecule has 1 nitrogen and oxygen atoms in total. The van der Waals surface area contributed by atoms with Crippen LogP contribution in [0.25, 0.3) is 32.7 Å². The summed E-state index contributed by atoms with van der Waals surface area (Å²) in [5.41, 5.74) is 9.46. The van der Waals surface area contributed by atoms with Gasteiger partial charge in [0.1, 0.15) is 0 Å². The second-order valence-corrected chi connectivity index (χ2v) is 5.28. The fourth-order valence-electron chi connectivity index (χ4n) is 3.03. The highest BCUT2D eigenvalue weighted by Crippen LogP contribution is 2.37. The summed E-state index contributed by atoms with van der Waals surface area (Å²) in [6, 6.07) is 27.3. The molecule has 0 heterocycles. The Morgan fingerprint density at radius 3 is 1.91 bits per heavy atom. The van der Waals surface area contributed by atoms with E-state index in [-0.39, 0.29) is 9.90 Å². The molecule has 108 valence electrons. The van der Waals surface area contributed by atoms with Gasteiger partial charge in [-0.1, -0.05) is 72.8 Å².